The number of amides is 1. The highest BCUT2D eigenvalue weighted by atomic mass is 19.4. The first-order chi connectivity index (χ1) is 11.9. The van der Waals surface area contributed by atoms with Crippen molar-refractivity contribution in [3.8, 4) is 0 Å². The van der Waals surface area contributed by atoms with Crippen LogP contribution in [0.4, 0.5) is 17.6 Å². The highest BCUT2D eigenvalue weighted by Crippen LogP contribution is 2.33. The first kappa shape index (κ1) is 17.3. The van der Waals surface area contributed by atoms with Crippen LogP contribution in [-0.4, -0.2) is 34.2 Å². The van der Waals surface area contributed by atoms with Crippen LogP contribution >= 0.6 is 0 Å². The number of aromatic nitrogens is 3. The summed E-state index contributed by atoms with van der Waals surface area (Å²) in [5.41, 5.74) is -2.12. The summed E-state index contributed by atoms with van der Waals surface area (Å²) in [6.45, 7) is 0.559. The average Bonchev–Trinajstić information content (AvgIpc) is 3.22. The Kier molecular flexibility index (Phi) is 4.71. The van der Waals surface area contributed by atoms with Crippen LogP contribution in [0.1, 0.15) is 34.3 Å². The third kappa shape index (κ3) is 3.63. The summed E-state index contributed by atoms with van der Waals surface area (Å²) in [6.07, 6.45) is -3.33. The summed E-state index contributed by atoms with van der Waals surface area (Å²) in [5.74, 6) is -2.14. The molecule has 1 aromatic heterocycles. The summed E-state index contributed by atoms with van der Waals surface area (Å²) in [7, 11) is 0. The van der Waals surface area contributed by atoms with Gasteiger partial charge in [0, 0.05) is 19.1 Å². The standard InChI is InChI=1S/C15H14F4N4O2/c16-11-9(2-1-3-10(11)15(17,18)19)14(24)20-6-8-4-5-25-12(8)13-21-7-22-23-13/h1-3,7-8,12H,4-6H2,(H,20,24)(H,21,22,23)/t8-,12-/m0/s1. The molecular weight excluding hydrogens is 344 g/mol. The molecule has 0 saturated carbocycles. The van der Waals surface area contributed by atoms with Gasteiger partial charge in [-0.25, -0.2) is 9.37 Å². The lowest BCUT2D eigenvalue weighted by Crippen LogP contribution is -2.31. The molecule has 2 aromatic rings. The number of carbonyl (C=O) groups excluding carboxylic acids is 1. The number of hydrogen-bond acceptors (Lipinski definition) is 4. The van der Waals surface area contributed by atoms with Gasteiger partial charge in [-0.05, 0) is 18.6 Å². The fourth-order valence-electron chi connectivity index (χ4n) is 2.74. The Bertz CT molecular complexity index is 748. The number of H-pyrrole nitrogens is 1. The molecule has 1 aliphatic rings. The van der Waals surface area contributed by atoms with Crippen LogP contribution in [0.5, 0.6) is 0 Å². The van der Waals surface area contributed by atoms with Gasteiger partial charge in [-0.3, -0.25) is 9.89 Å². The van der Waals surface area contributed by atoms with Crippen molar-refractivity contribution in [1.82, 2.24) is 20.5 Å². The normalized spacial score (nSPS) is 20.6. The Morgan fingerprint density at radius 1 is 1.40 bits per heavy atom. The van der Waals surface area contributed by atoms with Gasteiger partial charge in [-0.15, -0.1) is 0 Å². The van der Waals surface area contributed by atoms with E-state index in [1.807, 2.05) is 0 Å². The number of halogens is 4. The number of alkyl halides is 3. The lowest BCUT2D eigenvalue weighted by atomic mass is 10.0. The fourth-order valence-corrected chi connectivity index (χ4v) is 2.74. The molecule has 1 aromatic carbocycles. The maximum Gasteiger partial charge on any atom is 0.419 e. The SMILES string of the molecule is O=C(NC[C@@H]1CCO[C@@H]1c1ncn[nH]1)c1cccc(C(F)(F)F)c1F. The molecule has 2 atom stereocenters. The average molecular weight is 358 g/mol. The number of ether oxygens (including phenoxy) is 1. The molecule has 6 nitrogen and oxygen atoms in total. The lowest BCUT2D eigenvalue weighted by molar-refractivity contribution is -0.140. The monoisotopic (exact) mass is 358 g/mol. The van der Waals surface area contributed by atoms with Gasteiger partial charge in [-0.1, -0.05) is 6.07 Å². The van der Waals surface area contributed by atoms with Crippen LogP contribution in [0.3, 0.4) is 0 Å². The second-order valence-corrected chi connectivity index (χ2v) is 5.59. The van der Waals surface area contributed by atoms with E-state index in [0.717, 1.165) is 12.1 Å². The summed E-state index contributed by atoms with van der Waals surface area (Å²) in [4.78, 5) is 16.1. The van der Waals surface area contributed by atoms with Crippen LogP contribution in [0, 0.1) is 11.7 Å². The Morgan fingerprint density at radius 3 is 2.88 bits per heavy atom. The molecule has 25 heavy (non-hydrogen) atoms. The van der Waals surface area contributed by atoms with Gasteiger partial charge in [0.15, 0.2) is 5.82 Å². The molecule has 10 heteroatoms. The molecule has 3 rings (SSSR count). The first-order valence-electron chi connectivity index (χ1n) is 7.48. The Hall–Kier alpha value is -2.49. The lowest BCUT2D eigenvalue weighted by Gasteiger charge is -2.17. The predicted octanol–water partition coefficient (Wildman–Crippen LogP) is 2.47. The molecule has 0 bridgehead atoms. The zero-order valence-electron chi connectivity index (χ0n) is 12.8. The van der Waals surface area contributed by atoms with Gasteiger partial charge >= 0.3 is 6.18 Å². The van der Waals surface area contributed by atoms with Gasteiger partial charge < -0.3 is 10.1 Å². The molecular formula is C15H14F4N4O2. The number of nitrogens with one attached hydrogen (secondary N) is 2. The predicted molar refractivity (Wildman–Crippen MR) is 76.9 cm³/mol. The van der Waals surface area contributed by atoms with E-state index >= 15 is 0 Å². The number of rotatable bonds is 4. The minimum Gasteiger partial charge on any atom is -0.370 e. The van der Waals surface area contributed by atoms with E-state index in [9.17, 15) is 22.4 Å². The first-order valence-corrected chi connectivity index (χ1v) is 7.48. The van der Waals surface area contributed by atoms with Crippen molar-refractivity contribution in [3.63, 3.8) is 0 Å². The number of carbonyl (C=O) groups is 1. The molecule has 1 amide bonds. The highest BCUT2D eigenvalue weighted by Gasteiger charge is 2.36. The summed E-state index contributed by atoms with van der Waals surface area (Å²) in [5, 5.41) is 8.87. The maximum atomic E-state index is 14.0. The summed E-state index contributed by atoms with van der Waals surface area (Å²) >= 11 is 0. The Labute approximate surface area is 139 Å². The zero-order chi connectivity index (χ0) is 18.0. The number of aromatic amines is 1. The van der Waals surface area contributed by atoms with Gasteiger partial charge in [0.25, 0.3) is 5.91 Å². The quantitative estimate of drug-likeness (QED) is 0.823. The van der Waals surface area contributed by atoms with Crippen molar-refractivity contribution >= 4 is 5.91 Å². The topological polar surface area (TPSA) is 79.9 Å². The Balaban J connectivity index is 1.69. The van der Waals surface area contributed by atoms with Crippen molar-refractivity contribution in [2.75, 3.05) is 13.2 Å². The molecule has 2 heterocycles. The molecule has 0 aliphatic carbocycles. The van der Waals surface area contributed by atoms with Gasteiger partial charge in [0.05, 0.1) is 11.1 Å². The number of nitrogens with zero attached hydrogens (tertiary/aromatic N) is 2. The second kappa shape index (κ2) is 6.79. The smallest absolute Gasteiger partial charge is 0.370 e. The highest BCUT2D eigenvalue weighted by molar-refractivity contribution is 5.94. The van der Waals surface area contributed by atoms with Crippen molar-refractivity contribution in [1.29, 1.82) is 0 Å². The van der Waals surface area contributed by atoms with E-state index in [0.29, 0.717) is 24.9 Å². The molecule has 0 radical (unpaired) electrons. The molecule has 2 N–H and O–H groups in total. The third-order valence-corrected chi connectivity index (χ3v) is 3.99. The largest absolute Gasteiger partial charge is 0.419 e. The summed E-state index contributed by atoms with van der Waals surface area (Å²) < 4.78 is 57.7. The van der Waals surface area contributed by atoms with E-state index in [1.165, 1.54) is 6.33 Å². The second-order valence-electron chi connectivity index (χ2n) is 5.59. The molecule has 0 unspecified atom stereocenters. The van der Waals surface area contributed by atoms with Crippen LogP contribution in [-0.2, 0) is 10.9 Å². The van der Waals surface area contributed by atoms with Crippen LogP contribution in [0.2, 0.25) is 0 Å². The molecule has 1 fully saturated rings. The van der Waals surface area contributed by atoms with Gasteiger partial charge in [0.2, 0.25) is 0 Å². The van der Waals surface area contributed by atoms with E-state index in [1.54, 1.807) is 0 Å². The van der Waals surface area contributed by atoms with Crippen LogP contribution in [0.25, 0.3) is 0 Å². The fraction of sp³-hybridized carbons (Fsp3) is 0.400. The maximum absolute atomic E-state index is 14.0. The summed E-state index contributed by atoms with van der Waals surface area (Å²) in [6, 6.07) is 2.60. The van der Waals surface area contributed by atoms with Crippen molar-refractivity contribution in [2.45, 2.75) is 18.7 Å². The molecule has 1 saturated heterocycles. The molecule has 1 aliphatic heterocycles. The Morgan fingerprint density at radius 2 is 2.20 bits per heavy atom. The van der Waals surface area contributed by atoms with E-state index in [-0.39, 0.29) is 12.5 Å². The zero-order valence-corrected chi connectivity index (χ0v) is 12.8. The number of benzene rings is 1. The molecule has 0 spiro atoms. The van der Waals surface area contributed by atoms with Gasteiger partial charge in [0.1, 0.15) is 18.2 Å². The van der Waals surface area contributed by atoms with E-state index < -0.39 is 35.1 Å². The number of hydrogen-bond donors (Lipinski definition) is 2. The van der Waals surface area contributed by atoms with Crippen molar-refractivity contribution < 1.29 is 27.1 Å². The van der Waals surface area contributed by atoms with Gasteiger partial charge in [-0.2, -0.15) is 18.3 Å². The van der Waals surface area contributed by atoms with E-state index in [4.69, 9.17) is 4.74 Å². The minimum atomic E-state index is -4.86. The van der Waals surface area contributed by atoms with Crippen LogP contribution in [0.15, 0.2) is 24.5 Å². The van der Waals surface area contributed by atoms with Crippen molar-refractivity contribution in [3.05, 3.63) is 47.3 Å². The minimum absolute atomic E-state index is 0.111. The van der Waals surface area contributed by atoms with E-state index in [2.05, 4.69) is 20.5 Å². The van der Waals surface area contributed by atoms with Crippen molar-refractivity contribution in [2.24, 2.45) is 5.92 Å². The molecule has 134 valence electrons. The third-order valence-electron chi connectivity index (χ3n) is 3.99. The van der Waals surface area contributed by atoms with Crippen LogP contribution < -0.4 is 5.32 Å².